The molecular weight excluding hydrogens is 244 g/mol. The van der Waals surface area contributed by atoms with Gasteiger partial charge >= 0.3 is 0 Å². The van der Waals surface area contributed by atoms with Crippen LogP contribution in [0.25, 0.3) is 0 Å². The summed E-state index contributed by atoms with van der Waals surface area (Å²) < 4.78 is 5.11. The Balaban J connectivity index is 2.79. The summed E-state index contributed by atoms with van der Waals surface area (Å²) in [6, 6.07) is 4.17. The number of nitrogens with two attached hydrogens (primary N) is 1. The summed E-state index contributed by atoms with van der Waals surface area (Å²) in [6.07, 6.45) is 1.66. The first-order chi connectivity index (χ1) is 9.08. The van der Waals surface area contributed by atoms with Crippen molar-refractivity contribution in [3.05, 3.63) is 29.6 Å². The lowest BCUT2D eigenvalue weighted by molar-refractivity contribution is 0.125. The van der Waals surface area contributed by atoms with Crippen molar-refractivity contribution in [1.29, 1.82) is 0 Å². The molecule has 1 rings (SSSR count). The fourth-order valence-electron chi connectivity index (χ4n) is 1.73. The van der Waals surface area contributed by atoms with Crippen molar-refractivity contribution in [2.75, 3.05) is 20.3 Å². The third kappa shape index (κ3) is 4.84. The van der Waals surface area contributed by atoms with E-state index in [1.165, 1.54) is 0 Å². The topological polar surface area (TPSA) is 84.0 Å². The van der Waals surface area contributed by atoms with Crippen LogP contribution in [0.5, 0.6) is 0 Å². The van der Waals surface area contributed by atoms with Gasteiger partial charge in [0.1, 0.15) is 5.69 Å². The molecular formula is C13H22N4O2. The van der Waals surface area contributed by atoms with Crippen molar-refractivity contribution in [3.63, 3.8) is 0 Å². The fraction of sp³-hybridized carbons (Fsp3) is 0.538. The number of hydrogen-bond donors (Lipinski definition) is 2. The molecule has 0 spiro atoms. The molecule has 0 unspecified atom stereocenters. The van der Waals surface area contributed by atoms with Crippen molar-refractivity contribution in [3.8, 4) is 0 Å². The third-order valence-corrected chi connectivity index (χ3v) is 2.89. The number of hydrogen-bond acceptors (Lipinski definition) is 5. The Morgan fingerprint density at radius 2 is 2.32 bits per heavy atom. The molecule has 6 heteroatoms. The van der Waals surface area contributed by atoms with Crippen molar-refractivity contribution in [2.45, 2.75) is 26.4 Å². The lowest BCUT2D eigenvalue weighted by atomic mass is 10.2. The Morgan fingerprint density at radius 1 is 1.58 bits per heavy atom. The van der Waals surface area contributed by atoms with Gasteiger partial charge in [-0.2, -0.15) is 0 Å². The van der Waals surface area contributed by atoms with Crippen LogP contribution in [0.2, 0.25) is 0 Å². The molecule has 0 aliphatic carbocycles. The molecule has 0 amide bonds. The molecule has 19 heavy (non-hydrogen) atoms. The highest BCUT2D eigenvalue weighted by Crippen LogP contribution is 2.09. The summed E-state index contributed by atoms with van der Waals surface area (Å²) in [7, 11) is 1.70. The molecule has 1 heterocycles. The fourth-order valence-corrected chi connectivity index (χ4v) is 1.73. The molecule has 0 radical (unpaired) electrons. The molecule has 3 N–H and O–H groups in total. The van der Waals surface area contributed by atoms with Crippen LogP contribution in [-0.4, -0.2) is 47.2 Å². The number of oxime groups is 1. The Morgan fingerprint density at radius 3 is 2.89 bits per heavy atom. The number of rotatable bonds is 7. The van der Waals surface area contributed by atoms with Crippen LogP contribution < -0.4 is 5.73 Å². The van der Waals surface area contributed by atoms with E-state index in [9.17, 15) is 0 Å². The molecule has 0 atom stereocenters. The van der Waals surface area contributed by atoms with Gasteiger partial charge in [0.2, 0.25) is 0 Å². The van der Waals surface area contributed by atoms with E-state index in [4.69, 9.17) is 15.7 Å². The van der Waals surface area contributed by atoms with Crippen LogP contribution in [0.1, 0.15) is 25.1 Å². The van der Waals surface area contributed by atoms with Gasteiger partial charge in [-0.3, -0.25) is 9.88 Å². The minimum atomic E-state index is 0.0230. The zero-order valence-electron chi connectivity index (χ0n) is 11.7. The lowest BCUT2D eigenvalue weighted by Gasteiger charge is -2.26. The number of ether oxygens (including phenoxy) is 1. The lowest BCUT2D eigenvalue weighted by Crippen LogP contribution is -2.33. The maximum atomic E-state index is 8.66. The van der Waals surface area contributed by atoms with Crippen molar-refractivity contribution < 1.29 is 9.94 Å². The van der Waals surface area contributed by atoms with Gasteiger partial charge in [-0.25, -0.2) is 0 Å². The molecule has 1 aromatic rings. The van der Waals surface area contributed by atoms with E-state index < -0.39 is 0 Å². The summed E-state index contributed by atoms with van der Waals surface area (Å²) >= 11 is 0. The first-order valence-corrected chi connectivity index (χ1v) is 6.24. The number of aromatic nitrogens is 1. The van der Waals surface area contributed by atoms with E-state index in [1.54, 1.807) is 13.3 Å². The minimum Gasteiger partial charge on any atom is -0.409 e. The highest BCUT2D eigenvalue weighted by molar-refractivity contribution is 5.95. The number of amidine groups is 1. The first-order valence-electron chi connectivity index (χ1n) is 6.24. The predicted octanol–water partition coefficient (Wildman–Crippen LogP) is 1.03. The smallest absolute Gasteiger partial charge is 0.188 e. The molecule has 0 saturated carbocycles. The van der Waals surface area contributed by atoms with Gasteiger partial charge in [0.05, 0.1) is 6.61 Å². The summed E-state index contributed by atoms with van der Waals surface area (Å²) in [5.74, 6) is 0.0230. The molecule has 0 aliphatic rings. The summed E-state index contributed by atoms with van der Waals surface area (Å²) in [4.78, 5) is 6.35. The highest BCUT2D eigenvalue weighted by Gasteiger charge is 2.11. The first kappa shape index (κ1) is 15.4. The van der Waals surface area contributed by atoms with Gasteiger partial charge in [-0.15, -0.1) is 0 Å². The summed E-state index contributed by atoms with van der Waals surface area (Å²) in [5.41, 5.74) is 7.09. The third-order valence-electron chi connectivity index (χ3n) is 2.89. The van der Waals surface area contributed by atoms with Crippen LogP contribution in [0, 0.1) is 0 Å². The number of nitrogens with zero attached hydrogens (tertiary/aromatic N) is 3. The normalized spacial score (nSPS) is 12.4. The highest BCUT2D eigenvalue weighted by atomic mass is 16.5. The van der Waals surface area contributed by atoms with E-state index in [1.807, 2.05) is 12.1 Å². The van der Waals surface area contributed by atoms with Gasteiger partial charge in [-0.1, -0.05) is 5.16 Å². The Hall–Kier alpha value is -1.66. The molecule has 0 bridgehead atoms. The standard InChI is InChI=1S/C13H22N4O2/c1-10(2)17(6-7-19-3)9-11-4-5-15-12(8-11)13(14)16-18/h4-5,8,10,18H,6-7,9H2,1-3H3,(H2,14,16). The molecule has 0 fully saturated rings. The predicted molar refractivity (Wildman–Crippen MR) is 74.2 cm³/mol. The van der Waals surface area contributed by atoms with Crippen molar-refractivity contribution in [2.24, 2.45) is 10.9 Å². The summed E-state index contributed by atoms with van der Waals surface area (Å²) in [5, 5.41) is 11.6. The maximum absolute atomic E-state index is 8.66. The summed E-state index contributed by atoms with van der Waals surface area (Å²) in [6.45, 7) is 6.60. The van der Waals surface area contributed by atoms with E-state index in [0.29, 0.717) is 18.3 Å². The van der Waals surface area contributed by atoms with E-state index in [0.717, 1.165) is 18.7 Å². The Labute approximate surface area is 113 Å². The Bertz CT molecular complexity index is 421. The van der Waals surface area contributed by atoms with Gasteiger partial charge < -0.3 is 15.7 Å². The second-order valence-electron chi connectivity index (χ2n) is 4.59. The molecule has 0 aromatic carbocycles. The Kier molecular flexibility index (Phi) is 6.24. The second-order valence-corrected chi connectivity index (χ2v) is 4.59. The van der Waals surface area contributed by atoms with Gasteiger partial charge in [-0.05, 0) is 31.5 Å². The minimum absolute atomic E-state index is 0.0230. The zero-order chi connectivity index (χ0) is 14.3. The van der Waals surface area contributed by atoms with Crippen LogP contribution in [0.3, 0.4) is 0 Å². The van der Waals surface area contributed by atoms with Crippen LogP contribution in [-0.2, 0) is 11.3 Å². The average molecular weight is 266 g/mol. The van der Waals surface area contributed by atoms with Crippen molar-refractivity contribution in [1.82, 2.24) is 9.88 Å². The quantitative estimate of drug-likeness (QED) is 0.333. The second kappa shape index (κ2) is 7.70. The average Bonchev–Trinajstić information content (AvgIpc) is 2.42. The van der Waals surface area contributed by atoms with Gasteiger partial charge in [0.25, 0.3) is 0 Å². The van der Waals surface area contributed by atoms with E-state index in [2.05, 4.69) is 28.9 Å². The SMILES string of the molecule is COCCN(Cc1ccnc(/C(N)=N/O)c1)C(C)C. The van der Waals surface area contributed by atoms with Crippen LogP contribution >= 0.6 is 0 Å². The molecule has 0 saturated heterocycles. The molecule has 106 valence electrons. The van der Waals surface area contributed by atoms with Crippen LogP contribution in [0.4, 0.5) is 0 Å². The number of methoxy groups -OCH3 is 1. The molecule has 0 aliphatic heterocycles. The largest absolute Gasteiger partial charge is 0.409 e. The monoisotopic (exact) mass is 266 g/mol. The zero-order valence-corrected chi connectivity index (χ0v) is 11.7. The van der Waals surface area contributed by atoms with Gasteiger partial charge in [0.15, 0.2) is 5.84 Å². The van der Waals surface area contributed by atoms with Crippen molar-refractivity contribution >= 4 is 5.84 Å². The van der Waals surface area contributed by atoms with Gasteiger partial charge in [0, 0.05) is 32.4 Å². The molecule has 6 nitrogen and oxygen atoms in total. The van der Waals surface area contributed by atoms with E-state index in [-0.39, 0.29) is 5.84 Å². The van der Waals surface area contributed by atoms with Crippen LogP contribution in [0.15, 0.2) is 23.5 Å². The molecule has 1 aromatic heterocycles. The number of pyridine rings is 1. The maximum Gasteiger partial charge on any atom is 0.188 e. The van der Waals surface area contributed by atoms with E-state index >= 15 is 0 Å².